The van der Waals surface area contributed by atoms with E-state index in [1.165, 1.54) is 3.97 Å². The Labute approximate surface area is 227 Å². The molecule has 6 nitrogen and oxygen atoms in total. The number of halogens is 3. The van der Waals surface area contributed by atoms with Gasteiger partial charge in [0.15, 0.2) is 0 Å². The smallest absolute Gasteiger partial charge is 0.391 e. The molecule has 1 aliphatic heterocycles. The molecular formula is C29H32F3N3O3S. The van der Waals surface area contributed by atoms with Crippen molar-refractivity contribution in [1.29, 1.82) is 0 Å². The molecule has 0 atom stereocenters. The molecule has 2 aromatic heterocycles. The van der Waals surface area contributed by atoms with Crippen molar-refractivity contribution in [3.63, 3.8) is 0 Å². The van der Waals surface area contributed by atoms with Gasteiger partial charge in [0.1, 0.15) is 6.10 Å². The molecule has 1 aromatic carbocycles. The van der Waals surface area contributed by atoms with E-state index in [2.05, 4.69) is 9.88 Å². The molecule has 0 spiro atoms. The number of fused-ring (bicyclic) bond motifs is 1. The third kappa shape index (κ3) is 5.44. The first-order chi connectivity index (χ1) is 18.5. The van der Waals surface area contributed by atoms with Crippen LogP contribution in [0.2, 0.25) is 0 Å². The molecule has 208 valence electrons. The Balaban J connectivity index is 1.52. The van der Waals surface area contributed by atoms with Crippen molar-refractivity contribution in [3.05, 3.63) is 65.6 Å². The number of alkyl halides is 3. The monoisotopic (exact) mass is 559 g/mol. The molecule has 39 heavy (non-hydrogen) atoms. The summed E-state index contributed by atoms with van der Waals surface area (Å²) in [5.74, 6) is -0.953. The predicted molar refractivity (Wildman–Crippen MR) is 146 cm³/mol. The predicted octanol–water partition coefficient (Wildman–Crippen LogP) is 6.76. The van der Waals surface area contributed by atoms with Gasteiger partial charge in [-0.15, -0.1) is 0 Å². The number of anilines is 1. The van der Waals surface area contributed by atoms with Crippen LogP contribution in [-0.2, 0) is 10.0 Å². The van der Waals surface area contributed by atoms with Crippen molar-refractivity contribution in [2.45, 2.75) is 63.6 Å². The van der Waals surface area contributed by atoms with Gasteiger partial charge in [-0.05, 0) is 76.3 Å². The average molecular weight is 560 g/mol. The number of benzene rings is 1. The average Bonchev–Trinajstić information content (AvgIpc) is 3.29. The number of hydrogen-bond donors (Lipinski definition) is 0. The highest BCUT2D eigenvalue weighted by Gasteiger charge is 2.42. The van der Waals surface area contributed by atoms with Gasteiger partial charge in [0.2, 0.25) is 5.88 Å². The van der Waals surface area contributed by atoms with Crippen LogP contribution in [0.5, 0.6) is 5.88 Å². The lowest BCUT2D eigenvalue weighted by Crippen LogP contribution is -2.32. The van der Waals surface area contributed by atoms with Crippen LogP contribution in [-0.4, -0.2) is 42.7 Å². The van der Waals surface area contributed by atoms with E-state index >= 15 is 0 Å². The second-order valence-electron chi connectivity index (χ2n) is 10.3. The summed E-state index contributed by atoms with van der Waals surface area (Å²) in [6.45, 7) is 7.06. The van der Waals surface area contributed by atoms with E-state index in [4.69, 9.17) is 4.74 Å². The zero-order valence-electron chi connectivity index (χ0n) is 22.2. The maximum absolute atomic E-state index is 13.7. The number of likely N-dealkylation sites (N-methyl/N-ethyl adjacent to an activating group) is 1. The lowest BCUT2D eigenvalue weighted by molar-refractivity contribution is -0.185. The molecule has 0 amide bonds. The fourth-order valence-corrected chi connectivity index (χ4v) is 6.77. The Hall–Kier alpha value is -3.27. The molecule has 0 bridgehead atoms. The van der Waals surface area contributed by atoms with Crippen LogP contribution in [0.15, 0.2) is 53.6 Å². The largest absolute Gasteiger partial charge is 0.474 e. The molecule has 1 saturated carbocycles. The molecule has 0 N–H and O–H groups in total. The van der Waals surface area contributed by atoms with Gasteiger partial charge in [0, 0.05) is 36.6 Å². The first-order valence-electron chi connectivity index (χ1n) is 13.2. The van der Waals surface area contributed by atoms with E-state index in [0.717, 1.165) is 22.4 Å². The highest BCUT2D eigenvalue weighted by molar-refractivity contribution is 7.90. The molecule has 3 aromatic rings. The SMILES string of the molecule is CCN1CC=Cc2c1c(-c1cc(C)nc(OC3CCC(C(F)(F)F)CC3)c1)cn2S(=O)(=O)c1ccc(C)cc1. The van der Waals surface area contributed by atoms with Crippen LogP contribution in [0, 0.1) is 19.8 Å². The number of nitrogens with zero attached hydrogens (tertiary/aromatic N) is 3. The number of hydrogen-bond acceptors (Lipinski definition) is 5. The normalized spacial score (nSPS) is 19.7. The Kier molecular flexibility index (Phi) is 7.26. The van der Waals surface area contributed by atoms with Gasteiger partial charge in [0.25, 0.3) is 10.0 Å². The second kappa shape index (κ2) is 10.4. The Bertz CT molecular complexity index is 1490. The van der Waals surface area contributed by atoms with Crippen molar-refractivity contribution in [1.82, 2.24) is 8.96 Å². The Morgan fingerprint density at radius 1 is 1.05 bits per heavy atom. The van der Waals surface area contributed by atoms with Gasteiger partial charge in [-0.1, -0.05) is 23.8 Å². The quantitative estimate of drug-likeness (QED) is 0.334. The third-order valence-corrected chi connectivity index (χ3v) is 9.21. The Morgan fingerprint density at radius 3 is 2.38 bits per heavy atom. The molecule has 5 rings (SSSR count). The molecule has 0 radical (unpaired) electrons. The van der Waals surface area contributed by atoms with Crippen molar-refractivity contribution >= 4 is 21.8 Å². The molecule has 1 aliphatic carbocycles. The molecule has 3 heterocycles. The van der Waals surface area contributed by atoms with E-state index in [-0.39, 0.29) is 23.8 Å². The van der Waals surface area contributed by atoms with E-state index in [1.807, 2.05) is 39.0 Å². The third-order valence-electron chi connectivity index (χ3n) is 7.52. The van der Waals surface area contributed by atoms with Crippen LogP contribution >= 0.6 is 0 Å². The summed E-state index contributed by atoms with van der Waals surface area (Å²) in [5.41, 5.74) is 4.48. The molecule has 2 aliphatic rings. The van der Waals surface area contributed by atoms with E-state index in [0.29, 0.717) is 43.2 Å². The molecule has 1 fully saturated rings. The molecular weight excluding hydrogens is 527 g/mol. The van der Waals surface area contributed by atoms with E-state index < -0.39 is 22.1 Å². The summed E-state index contributed by atoms with van der Waals surface area (Å²) in [7, 11) is -3.88. The maximum Gasteiger partial charge on any atom is 0.391 e. The van der Waals surface area contributed by atoms with Crippen LogP contribution in [0.1, 0.15) is 49.6 Å². The summed E-state index contributed by atoms with van der Waals surface area (Å²) in [5, 5.41) is 0. The van der Waals surface area contributed by atoms with Gasteiger partial charge >= 0.3 is 6.18 Å². The molecule has 10 heteroatoms. The maximum atomic E-state index is 13.7. The minimum atomic E-state index is -4.18. The highest BCUT2D eigenvalue weighted by Crippen LogP contribution is 2.42. The number of pyridine rings is 1. The zero-order chi connectivity index (χ0) is 27.9. The van der Waals surface area contributed by atoms with Crippen molar-refractivity contribution in [2.75, 3.05) is 18.0 Å². The standard InChI is InChI=1S/C29H32F3N3O3S/c1-4-34-15-5-6-26-28(34)25(18-35(26)39(36,37)24-13-7-19(2)8-14-24)21-16-20(3)33-27(17-21)38-23-11-9-22(10-12-23)29(30,31)32/h5-8,13-14,16-18,22-23H,4,9-12,15H2,1-3H3. The van der Waals surface area contributed by atoms with Crippen molar-refractivity contribution in [3.8, 4) is 17.0 Å². The number of aryl methyl sites for hydroxylation is 2. The summed E-state index contributed by atoms with van der Waals surface area (Å²) in [6, 6.07) is 10.4. The summed E-state index contributed by atoms with van der Waals surface area (Å²) in [6.07, 6.45) is 1.60. The lowest BCUT2D eigenvalue weighted by atomic mass is 9.87. The van der Waals surface area contributed by atoms with Crippen LogP contribution in [0.4, 0.5) is 18.9 Å². The minimum Gasteiger partial charge on any atom is -0.474 e. The second-order valence-corrected chi connectivity index (χ2v) is 12.1. The number of rotatable bonds is 6. The minimum absolute atomic E-state index is 0.0395. The van der Waals surface area contributed by atoms with Crippen LogP contribution < -0.4 is 9.64 Å². The van der Waals surface area contributed by atoms with Gasteiger partial charge < -0.3 is 9.64 Å². The number of ether oxygens (including phenoxy) is 1. The Morgan fingerprint density at radius 2 is 1.74 bits per heavy atom. The topological polar surface area (TPSA) is 64.4 Å². The molecule has 0 unspecified atom stereocenters. The van der Waals surface area contributed by atoms with Gasteiger partial charge in [-0.3, -0.25) is 0 Å². The fourth-order valence-electron chi connectivity index (χ4n) is 5.41. The summed E-state index contributed by atoms with van der Waals surface area (Å²) >= 11 is 0. The van der Waals surface area contributed by atoms with Gasteiger partial charge in [-0.2, -0.15) is 13.2 Å². The van der Waals surface area contributed by atoms with Crippen LogP contribution in [0.25, 0.3) is 17.2 Å². The van der Waals surface area contributed by atoms with E-state index in [9.17, 15) is 21.6 Å². The summed E-state index contributed by atoms with van der Waals surface area (Å²) < 4.78 is 74.2. The summed E-state index contributed by atoms with van der Waals surface area (Å²) in [4.78, 5) is 6.80. The van der Waals surface area contributed by atoms with Gasteiger partial charge in [-0.25, -0.2) is 17.4 Å². The van der Waals surface area contributed by atoms with Gasteiger partial charge in [0.05, 0.1) is 22.2 Å². The first-order valence-corrected chi connectivity index (χ1v) is 14.6. The van der Waals surface area contributed by atoms with Crippen LogP contribution in [0.3, 0.4) is 0 Å². The fraction of sp³-hybridized carbons (Fsp3) is 0.414. The van der Waals surface area contributed by atoms with E-state index in [1.54, 1.807) is 36.5 Å². The van der Waals surface area contributed by atoms with Crippen molar-refractivity contribution in [2.24, 2.45) is 5.92 Å². The zero-order valence-corrected chi connectivity index (χ0v) is 23.0. The molecule has 0 saturated heterocycles. The first kappa shape index (κ1) is 27.3. The lowest BCUT2D eigenvalue weighted by Gasteiger charge is -2.30. The highest BCUT2D eigenvalue weighted by atomic mass is 32.2. The van der Waals surface area contributed by atoms with Crippen molar-refractivity contribution < 1.29 is 26.3 Å². The number of aromatic nitrogens is 2.